The molecule has 1 N–H and O–H groups in total. The molecule has 0 spiro atoms. The number of thioether (sulfide) groups is 1. The van der Waals surface area contributed by atoms with Gasteiger partial charge in [-0.15, -0.1) is 0 Å². The molecule has 3 rings (SSSR count). The Hall–Kier alpha value is -2.55. The van der Waals surface area contributed by atoms with Gasteiger partial charge >= 0.3 is 5.97 Å². The van der Waals surface area contributed by atoms with E-state index >= 15 is 0 Å². The maximum Gasteiger partial charge on any atom is 0.338 e. The zero-order chi connectivity index (χ0) is 22.5. The number of nitrogens with zero attached hydrogens (tertiary/aromatic N) is 2. The van der Waals surface area contributed by atoms with Crippen LogP contribution >= 0.6 is 35.0 Å². The molecule has 1 unspecified atom stereocenters. The normalized spacial score (nSPS) is 17.5. The molecule has 1 aliphatic heterocycles. The first kappa shape index (κ1) is 23.1. The second kappa shape index (κ2) is 10.2. The molecular weight excluding hydrogens is 461 g/mol. The lowest BCUT2D eigenvalue weighted by molar-refractivity contribution is -0.128. The van der Waals surface area contributed by atoms with E-state index < -0.39 is 11.2 Å². The molecule has 162 valence electrons. The minimum absolute atomic E-state index is 0.0360. The number of hydrogen-bond acceptors (Lipinski definition) is 6. The lowest BCUT2D eigenvalue weighted by Crippen LogP contribution is -2.43. The van der Waals surface area contributed by atoms with Crippen LogP contribution in [0.15, 0.2) is 47.5 Å². The molecule has 1 heterocycles. The average molecular weight is 480 g/mol. The Balaban J connectivity index is 1.72. The van der Waals surface area contributed by atoms with Crippen LogP contribution in [0.25, 0.3) is 0 Å². The molecule has 1 atom stereocenters. The van der Waals surface area contributed by atoms with Gasteiger partial charge in [-0.25, -0.2) is 9.79 Å². The van der Waals surface area contributed by atoms with Gasteiger partial charge in [-0.1, -0.05) is 35.0 Å². The Morgan fingerprint density at radius 3 is 2.55 bits per heavy atom. The van der Waals surface area contributed by atoms with E-state index in [1.54, 1.807) is 56.4 Å². The smallest absolute Gasteiger partial charge is 0.338 e. The molecule has 0 radical (unpaired) electrons. The number of amides is 2. The molecular formula is C21H19Cl2N3O4S. The Bertz CT molecular complexity index is 1040. The summed E-state index contributed by atoms with van der Waals surface area (Å²) in [6.07, 6.45) is 0.0360. The van der Waals surface area contributed by atoms with Gasteiger partial charge in [0.05, 0.1) is 27.9 Å². The van der Waals surface area contributed by atoms with E-state index in [9.17, 15) is 14.4 Å². The number of benzene rings is 2. The lowest BCUT2D eigenvalue weighted by Gasteiger charge is -2.28. The lowest BCUT2D eigenvalue weighted by atomic mass is 10.2. The number of anilines is 1. The first-order valence-electron chi connectivity index (χ1n) is 9.33. The van der Waals surface area contributed by atoms with Crippen LogP contribution in [0.4, 0.5) is 11.4 Å². The summed E-state index contributed by atoms with van der Waals surface area (Å²) in [4.78, 5) is 42.8. The summed E-state index contributed by atoms with van der Waals surface area (Å²) in [6.45, 7) is 2.01. The number of hydrogen-bond donors (Lipinski definition) is 1. The summed E-state index contributed by atoms with van der Waals surface area (Å²) in [5.74, 6) is -0.993. The molecule has 2 aromatic carbocycles. The highest BCUT2D eigenvalue weighted by atomic mass is 35.5. The van der Waals surface area contributed by atoms with Crippen LogP contribution in [0.3, 0.4) is 0 Å². The van der Waals surface area contributed by atoms with Crippen molar-refractivity contribution in [1.82, 2.24) is 4.90 Å². The maximum absolute atomic E-state index is 12.7. The van der Waals surface area contributed by atoms with Crippen molar-refractivity contribution in [3.63, 3.8) is 0 Å². The number of halogens is 2. The third kappa shape index (κ3) is 5.78. The summed E-state index contributed by atoms with van der Waals surface area (Å²) >= 11 is 13.1. The topological polar surface area (TPSA) is 88.1 Å². The summed E-state index contributed by atoms with van der Waals surface area (Å²) in [6, 6.07) is 11.2. The standard InChI is InChI=1S/C21H19Cl2N3O4S/c1-3-30-20(29)12-4-6-13(7-5-12)24-19(28)17-11-18(27)26(2)21(31-17)25-14-8-9-15(22)16(23)10-14/h4-10,17H,3,11H2,1-2H3,(H,24,28). The van der Waals surface area contributed by atoms with Crippen LogP contribution in [0.5, 0.6) is 0 Å². The zero-order valence-electron chi connectivity index (χ0n) is 16.7. The monoisotopic (exact) mass is 479 g/mol. The zero-order valence-corrected chi connectivity index (χ0v) is 19.1. The number of esters is 1. The highest BCUT2D eigenvalue weighted by Crippen LogP contribution is 2.31. The van der Waals surface area contributed by atoms with Gasteiger partial charge < -0.3 is 10.1 Å². The van der Waals surface area contributed by atoms with E-state index in [0.29, 0.717) is 32.2 Å². The Kier molecular flexibility index (Phi) is 7.59. The van der Waals surface area contributed by atoms with Crippen LogP contribution in [0.2, 0.25) is 10.0 Å². The summed E-state index contributed by atoms with van der Waals surface area (Å²) in [7, 11) is 1.61. The molecule has 0 saturated carbocycles. The van der Waals surface area contributed by atoms with Crippen molar-refractivity contribution < 1.29 is 19.1 Å². The van der Waals surface area contributed by atoms with Crippen molar-refractivity contribution in [2.45, 2.75) is 18.6 Å². The average Bonchev–Trinajstić information content (AvgIpc) is 2.74. The van der Waals surface area contributed by atoms with Crippen molar-refractivity contribution in [2.75, 3.05) is 19.0 Å². The Morgan fingerprint density at radius 1 is 1.19 bits per heavy atom. The number of nitrogens with one attached hydrogen (secondary N) is 1. The van der Waals surface area contributed by atoms with E-state index in [1.165, 1.54) is 16.7 Å². The number of carbonyl (C=O) groups excluding carboxylic acids is 3. The van der Waals surface area contributed by atoms with Crippen LogP contribution in [0, 0.1) is 0 Å². The van der Waals surface area contributed by atoms with Gasteiger partial charge in [0, 0.05) is 19.2 Å². The van der Waals surface area contributed by atoms with Gasteiger partial charge in [0.2, 0.25) is 11.8 Å². The van der Waals surface area contributed by atoms with Crippen molar-refractivity contribution in [2.24, 2.45) is 4.99 Å². The summed E-state index contributed by atoms with van der Waals surface area (Å²) in [5, 5.41) is 3.24. The van der Waals surface area contributed by atoms with E-state index in [1.807, 2.05) is 0 Å². The highest BCUT2D eigenvalue weighted by molar-refractivity contribution is 8.15. The van der Waals surface area contributed by atoms with E-state index in [-0.39, 0.29) is 24.8 Å². The molecule has 31 heavy (non-hydrogen) atoms. The third-order valence-electron chi connectivity index (χ3n) is 4.35. The number of carbonyl (C=O) groups is 3. The quantitative estimate of drug-likeness (QED) is 0.624. The molecule has 1 saturated heterocycles. The van der Waals surface area contributed by atoms with Crippen molar-refractivity contribution in [3.05, 3.63) is 58.1 Å². The number of aliphatic imine (C=N–C) groups is 1. The largest absolute Gasteiger partial charge is 0.462 e. The SMILES string of the molecule is CCOC(=O)c1ccc(NC(=O)C2CC(=O)N(C)C(=Nc3ccc(Cl)c(Cl)c3)S2)cc1. The van der Waals surface area contributed by atoms with Crippen LogP contribution in [-0.4, -0.2) is 46.8 Å². The third-order valence-corrected chi connectivity index (χ3v) is 6.33. The molecule has 0 aliphatic carbocycles. The van der Waals surface area contributed by atoms with Crippen LogP contribution < -0.4 is 5.32 Å². The molecule has 1 aliphatic rings. The minimum Gasteiger partial charge on any atom is -0.462 e. The summed E-state index contributed by atoms with van der Waals surface area (Å²) < 4.78 is 4.94. The van der Waals surface area contributed by atoms with Gasteiger partial charge in [-0.2, -0.15) is 0 Å². The number of amidine groups is 1. The molecule has 1 fully saturated rings. The van der Waals surface area contributed by atoms with Crippen molar-refractivity contribution >= 4 is 69.3 Å². The van der Waals surface area contributed by atoms with Crippen molar-refractivity contribution in [1.29, 1.82) is 0 Å². The van der Waals surface area contributed by atoms with Gasteiger partial charge in [0.15, 0.2) is 5.17 Å². The molecule has 10 heteroatoms. The fraction of sp³-hybridized carbons (Fsp3) is 0.238. The van der Waals surface area contributed by atoms with Crippen molar-refractivity contribution in [3.8, 4) is 0 Å². The molecule has 0 aromatic heterocycles. The van der Waals surface area contributed by atoms with Crippen LogP contribution in [0.1, 0.15) is 23.7 Å². The molecule has 7 nitrogen and oxygen atoms in total. The van der Waals surface area contributed by atoms with Gasteiger partial charge in [0.25, 0.3) is 0 Å². The van der Waals surface area contributed by atoms with Gasteiger partial charge in [0.1, 0.15) is 5.25 Å². The predicted molar refractivity (Wildman–Crippen MR) is 123 cm³/mol. The maximum atomic E-state index is 12.7. The molecule has 2 aromatic rings. The molecule has 0 bridgehead atoms. The predicted octanol–water partition coefficient (Wildman–Crippen LogP) is 4.76. The Morgan fingerprint density at radius 2 is 1.90 bits per heavy atom. The summed E-state index contributed by atoms with van der Waals surface area (Å²) in [5.41, 5.74) is 1.42. The second-order valence-corrected chi connectivity index (χ2v) is 8.53. The van der Waals surface area contributed by atoms with Gasteiger partial charge in [-0.05, 0) is 49.4 Å². The van der Waals surface area contributed by atoms with Crippen LogP contribution in [-0.2, 0) is 14.3 Å². The first-order valence-corrected chi connectivity index (χ1v) is 11.0. The van der Waals surface area contributed by atoms with E-state index in [4.69, 9.17) is 27.9 Å². The fourth-order valence-electron chi connectivity index (χ4n) is 2.69. The van der Waals surface area contributed by atoms with Gasteiger partial charge in [-0.3, -0.25) is 14.5 Å². The molecule has 2 amide bonds. The fourth-order valence-corrected chi connectivity index (χ4v) is 4.05. The Labute approximate surface area is 193 Å². The highest BCUT2D eigenvalue weighted by Gasteiger charge is 2.34. The second-order valence-electron chi connectivity index (χ2n) is 6.54. The number of rotatable bonds is 5. The number of ether oxygens (including phenoxy) is 1. The van der Waals surface area contributed by atoms with E-state index in [0.717, 1.165) is 0 Å². The first-order chi connectivity index (χ1) is 14.8. The minimum atomic E-state index is -0.657. The van der Waals surface area contributed by atoms with E-state index in [2.05, 4.69) is 10.3 Å².